The van der Waals surface area contributed by atoms with E-state index in [4.69, 9.17) is 10.6 Å². The molecule has 4 nitrogen and oxygen atoms in total. The first kappa shape index (κ1) is 15.9. The Balaban J connectivity index is 2.55. The average molecular weight is 257 g/mol. The molecule has 3 N–H and O–H groups in total. The van der Waals surface area contributed by atoms with E-state index in [9.17, 15) is 0 Å². The van der Waals surface area contributed by atoms with Crippen LogP contribution >= 0.6 is 0 Å². The van der Waals surface area contributed by atoms with E-state index < -0.39 is 0 Å². The van der Waals surface area contributed by atoms with Crippen molar-refractivity contribution in [2.45, 2.75) is 64.5 Å². The zero-order chi connectivity index (χ0) is 13.4. The Morgan fingerprint density at radius 1 is 1.22 bits per heavy atom. The number of nitrogens with zero attached hydrogens (tertiary/aromatic N) is 1. The van der Waals surface area contributed by atoms with Crippen molar-refractivity contribution < 1.29 is 4.74 Å². The summed E-state index contributed by atoms with van der Waals surface area (Å²) in [4.78, 5) is 2.57. The number of nitrogens with two attached hydrogens (primary N) is 1. The summed E-state index contributed by atoms with van der Waals surface area (Å²) in [5.41, 5.74) is 3.00. The first-order chi connectivity index (χ1) is 8.62. The molecule has 1 aliphatic heterocycles. The maximum absolute atomic E-state index is 5.73. The standard InChI is InChI=1S/C14H31N3O/c1-4-11-18-12-13(16-15)14(2,3)17-9-7-5-6-8-10-17/h13,16H,4-12,15H2,1-3H3. The molecule has 1 atom stereocenters. The third-order valence-electron chi connectivity index (χ3n) is 4.11. The van der Waals surface area contributed by atoms with Crippen LogP contribution in [-0.4, -0.2) is 42.8 Å². The van der Waals surface area contributed by atoms with Gasteiger partial charge in [0.1, 0.15) is 0 Å². The van der Waals surface area contributed by atoms with Gasteiger partial charge in [0.05, 0.1) is 12.6 Å². The predicted octanol–water partition coefficient (Wildman–Crippen LogP) is 1.90. The minimum atomic E-state index is 0.0484. The normalized spacial score (nSPS) is 20.7. The molecule has 4 heteroatoms. The zero-order valence-corrected chi connectivity index (χ0v) is 12.4. The molecule has 1 rings (SSSR count). The first-order valence-electron chi connectivity index (χ1n) is 7.41. The molecule has 18 heavy (non-hydrogen) atoms. The summed E-state index contributed by atoms with van der Waals surface area (Å²) in [7, 11) is 0. The van der Waals surface area contributed by atoms with Crippen molar-refractivity contribution >= 4 is 0 Å². The number of nitrogens with one attached hydrogen (secondary N) is 1. The van der Waals surface area contributed by atoms with Crippen LogP contribution in [0.15, 0.2) is 0 Å². The molecule has 1 unspecified atom stereocenters. The van der Waals surface area contributed by atoms with Crippen LogP contribution < -0.4 is 11.3 Å². The maximum Gasteiger partial charge on any atom is 0.0650 e. The largest absolute Gasteiger partial charge is 0.380 e. The molecule has 0 aliphatic carbocycles. The van der Waals surface area contributed by atoms with E-state index in [1.54, 1.807) is 0 Å². The highest BCUT2D eigenvalue weighted by molar-refractivity contribution is 4.93. The highest BCUT2D eigenvalue weighted by Gasteiger charge is 2.35. The van der Waals surface area contributed by atoms with E-state index in [0.717, 1.165) is 13.0 Å². The van der Waals surface area contributed by atoms with Gasteiger partial charge in [-0.05, 0) is 46.2 Å². The van der Waals surface area contributed by atoms with Crippen LogP contribution in [-0.2, 0) is 4.74 Å². The van der Waals surface area contributed by atoms with Gasteiger partial charge in [0, 0.05) is 12.1 Å². The quantitative estimate of drug-likeness (QED) is 0.415. The van der Waals surface area contributed by atoms with Gasteiger partial charge in [-0.1, -0.05) is 19.8 Å². The van der Waals surface area contributed by atoms with Crippen LogP contribution in [0.5, 0.6) is 0 Å². The third kappa shape index (κ3) is 4.50. The molecule has 0 radical (unpaired) electrons. The number of hydrogen-bond acceptors (Lipinski definition) is 4. The summed E-state index contributed by atoms with van der Waals surface area (Å²) in [6.07, 6.45) is 6.38. The SMILES string of the molecule is CCCOCC(NN)C(C)(C)N1CCCCCC1. The number of hydrogen-bond donors (Lipinski definition) is 2. The van der Waals surface area contributed by atoms with Crippen LogP contribution in [0.25, 0.3) is 0 Å². The fourth-order valence-corrected chi connectivity index (χ4v) is 2.67. The summed E-state index contributed by atoms with van der Waals surface area (Å²) in [6, 6.07) is 0.183. The lowest BCUT2D eigenvalue weighted by Gasteiger charge is -2.43. The first-order valence-corrected chi connectivity index (χ1v) is 7.41. The second kappa shape index (κ2) is 8.10. The van der Waals surface area contributed by atoms with Crippen LogP contribution in [0.1, 0.15) is 52.9 Å². The van der Waals surface area contributed by atoms with Gasteiger partial charge in [-0.3, -0.25) is 16.2 Å². The Kier molecular flexibility index (Phi) is 7.15. The van der Waals surface area contributed by atoms with E-state index in [0.29, 0.717) is 6.61 Å². The third-order valence-corrected chi connectivity index (χ3v) is 4.11. The molecule has 0 spiro atoms. The van der Waals surface area contributed by atoms with Crippen LogP contribution in [0.3, 0.4) is 0 Å². The summed E-state index contributed by atoms with van der Waals surface area (Å²) in [5, 5.41) is 0. The molecule has 1 saturated heterocycles. The topological polar surface area (TPSA) is 50.5 Å². The number of likely N-dealkylation sites (tertiary alicyclic amines) is 1. The lowest BCUT2D eigenvalue weighted by Crippen LogP contribution is -2.61. The van der Waals surface area contributed by atoms with Crippen molar-refractivity contribution in [3.8, 4) is 0 Å². The number of ether oxygens (including phenoxy) is 1. The van der Waals surface area contributed by atoms with Gasteiger partial charge in [-0.2, -0.15) is 0 Å². The molecule has 0 saturated carbocycles. The summed E-state index contributed by atoms with van der Waals surface area (Å²) < 4.78 is 5.68. The molecule has 0 aromatic carbocycles. The second-order valence-corrected chi connectivity index (χ2v) is 5.85. The monoisotopic (exact) mass is 257 g/mol. The second-order valence-electron chi connectivity index (χ2n) is 5.85. The average Bonchev–Trinajstić information content (AvgIpc) is 2.63. The fourth-order valence-electron chi connectivity index (χ4n) is 2.67. The van der Waals surface area contributed by atoms with Crippen molar-refractivity contribution in [2.24, 2.45) is 5.84 Å². The molecule has 1 fully saturated rings. The van der Waals surface area contributed by atoms with Crippen LogP contribution in [0.2, 0.25) is 0 Å². The lowest BCUT2D eigenvalue weighted by atomic mass is 9.92. The highest BCUT2D eigenvalue weighted by Crippen LogP contribution is 2.23. The van der Waals surface area contributed by atoms with Gasteiger partial charge in [0.25, 0.3) is 0 Å². The van der Waals surface area contributed by atoms with E-state index >= 15 is 0 Å². The van der Waals surface area contributed by atoms with E-state index in [1.807, 2.05) is 0 Å². The fraction of sp³-hybridized carbons (Fsp3) is 1.00. The van der Waals surface area contributed by atoms with Gasteiger partial charge >= 0.3 is 0 Å². The smallest absolute Gasteiger partial charge is 0.0650 e. The Bertz CT molecular complexity index is 213. The molecule has 1 aliphatic rings. The Hall–Kier alpha value is -0.160. The predicted molar refractivity (Wildman–Crippen MR) is 76.3 cm³/mol. The highest BCUT2D eigenvalue weighted by atomic mass is 16.5. The van der Waals surface area contributed by atoms with Crippen LogP contribution in [0, 0.1) is 0 Å². The maximum atomic E-state index is 5.73. The van der Waals surface area contributed by atoms with Gasteiger partial charge in [-0.25, -0.2) is 0 Å². The van der Waals surface area contributed by atoms with Crippen molar-refractivity contribution in [3.05, 3.63) is 0 Å². The van der Waals surface area contributed by atoms with Gasteiger partial charge < -0.3 is 4.74 Å². The number of hydrazine groups is 1. The Labute approximate surface area is 112 Å². The zero-order valence-electron chi connectivity index (χ0n) is 12.4. The van der Waals surface area contributed by atoms with Gasteiger partial charge in [0.15, 0.2) is 0 Å². The molecular formula is C14H31N3O. The Morgan fingerprint density at radius 2 is 1.83 bits per heavy atom. The van der Waals surface area contributed by atoms with Crippen molar-refractivity contribution in [1.29, 1.82) is 0 Å². The van der Waals surface area contributed by atoms with Crippen molar-refractivity contribution in [1.82, 2.24) is 10.3 Å². The summed E-state index contributed by atoms with van der Waals surface area (Å²) >= 11 is 0. The van der Waals surface area contributed by atoms with Gasteiger partial charge in [-0.15, -0.1) is 0 Å². The van der Waals surface area contributed by atoms with Crippen molar-refractivity contribution in [2.75, 3.05) is 26.3 Å². The molecule has 0 aromatic rings. The van der Waals surface area contributed by atoms with Crippen LogP contribution in [0.4, 0.5) is 0 Å². The molecule has 0 bridgehead atoms. The molecule has 1 heterocycles. The van der Waals surface area contributed by atoms with Gasteiger partial charge in [0.2, 0.25) is 0 Å². The minimum Gasteiger partial charge on any atom is -0.380 e. The number of rotatable bonds is 7. The van der Waals surface area contributed by atoms with E-state index in [-0.39, 0.29) is 11.6 Å². The lowest BCUT2D eigenvalue weighted by molar-refractivity contribution is 0.0264. The molecule has 0 amide bonds. The van der Waals surface area contributed by atoms with Crippen molar-refractivity contribution in [3.63, 3.8) is 0 Å². The Morgan fingerprint density at radius 3 is 2.33 bits per heavy atom. The molecular weight excluding hydrogens is 226 g/mol. The summed E-state index contributed by atoms with van der Waals surface area (Å²) in [6.45, 7) is 10.5. The molecule has 108 valence electrons. The summed E-state index contributed by atoms with van der Waals surface area (Å²) in [5.74, 6) is 5.73. The van der Waals surface area contributed by atoms with E-state index in [1.165, 1.54) is 38.8 Å². The minimum absolute atomic E-state index is 0.0484. The van der Waals surface area contributed by atoms with E-state index in [2.05, 4.69) is 31.1 Å². The molecule has 0 aromatic heterocycles.